The molecule has 0 saturated heterocycles. The van der Waals surface area contributed by atoms with Gasteiger partial charge >= 0.3 is 0 Å². The number of nitrogens with one attached hydrogen (secondary N) is 4. The highest BCUT2D eigenvalue weighted by Gasteiger charge is 2.10. The second kappa shape index (κ2) is 8.05. The van der Waals surface area contributed by atoms with Gasteiger partial charge in [-0.1, -0.05) is 17.3 Å². The molecule has 4 aromatic rings. The van der Waals surface area contributed by atoms with Gasteiger partial charge in [0.15, 0.2) is 5.82 Å². The van der Waals surface area contributed by atoms with E-state index in [2.05, 4.69) is 40.9 Å². The SMILES string of the molecule is Cc1nc2[nH]cc(CCc3ccc(C(=O)NCCc4nn[nH]n4)cc3)c2c(=O)[nH]1. The summed E-state index contributed by atoms with van der Waals surface area (Å²) in [6.07, 6.45) is 3.79. The van der Waals surface area contributed by atoms with Gasteiger partial charge < -0.3 is 15.3 Å². The Bertz CT molecular complexity index is 1180. The van der Waals surface area contributed by atoms with Gasteiger partial charge in [-0.3, -0.25) is 9.59 Å². The number of hydrogen-bond acceptors (Lipinski definition) is 6. The molecule has 0 saturated carbocycles. The largest absolute Gasteiger partial charge is 0.352 e. The van der Waals surface area contributed by atoms with Crippen LogP contribution in [0.25, 0.3) is 11.0 Å². The minimum absolute atomic E-state index is 0.128. The second-order valence-corrected chi connectivity index (χ2v) is 6.72. The molecule has 1 aromatic carbocycles. The summed E-state index contributed by atoms with van der Waals surface area (Å²) in [5.74, 6) is 0.994. The third-order valence-electron chi connectivity index (χ3n) is 4.66. The maximum atomic E-state index is 12.2. The van der Waals surface area contributed by atoms with Crippen molar-refractivity contribution >= 4 is 16.9 Å². The van der Waals surface area contributed by atoms with Gasteiger partial charge in [0.25, 0.3) is 11.5 Å². The first kappa shape index (κ1) is 18.5. The lowest BCUT2D eigenvalue weighted by Gasteiger charge is -2.05. The number of tetrazole rings is 1. The molecule has 148 valence electrons. The van der Waals surface area contributed by atoms with Crippen LogP contribution in [-0.4, -0.2) is 48.0 Å². The van der Waals surface area contributed by atoms with Crippen molar-refractivity contribution in [2.24, 2.45) is 0 Å². The molecule has 0 spiro atoms. The fourth-order valence-corrected chi connectivity index (χ4v) is 3.19. The van der Waals surface area contributed by atoms with Crippen molar-refractivity contribution in [3.63, 3.8) is 0 Å². The van der Waals surface area contributed by atoms with Crippen molar-refractivity contribution in [1.29, 1.82) is 0 Å². The monoisotopic (exact) mass is 392 g/mol. The van der Waals surface area contributed by atoms with Crippen molar-refractivity contribution in [2.75, 3.05) is 6.54 Å². The second-order valence-electron chi connectivity index (χ2n) is 6.72. The van der Waals surface area contributed by atoms with E-state index in [1.54, 1.807) is 19.1 Å². The number of hydrogen-bond donors (Lipinski definition) is 4. The fourth-order valence-electron chi connectivity index (χ4n) is 3.19. The van der Waals surface area contributed by atoms with E-state index in [0.717, 1.165) is 17.5 Å². The summed E-state index contributed by atoms with van der Waals surface area (Å²) in [6.45, 7) is 2.19. The van der Waals surface area contributed by atoms with Crippen molar-refractivity contribution in [2.45, 2.75) is 26.2 Å². The first-order chi connectivity index (χ1) is 14.1. The number of nitrogens with zero attached hydrogens (tertiary/aromatic N) is 4. The number of rotatable bonds is 7. The van der Waals surface area contributed by atoms with Crippen LogP contribution in [0.4, 0.5) is 0 Å². The van der Waals surface area contributed by atoms with Gasteiger partial charge in [0.1, 0.15) is 11.5 Å². The molecule has 3 aromatic heterocycles. The highest BCUT2D eigenvalue weighted by atomic mass is 16.1. The molecule has 0 atom stereocenters. The number of carbonyl (C=O) groups excluding carboxylic acids is 1. The van der Waals surface area contributed by atoms with Gasteiger partial charge in [0.05, 0.1) is 5.39 Å². The summed E-state index contributed by atoms with van der Waals surface area (Å²) in [6, 6.07) is 7.45. The average Bonchev–Trinajstić information content (AvgIpc) is 3.36. The lowest BCUT2D eigenvalue weighted by molar-refractivity contribution is 0.0954. The van der Waals surface area contributed by atoms with Gasteiger partial charge in [-0.2, -0.15) is 5.21 Å². The average molecular weight is 392 g/mol. The van der Waals surface area contributed by atoms with E-state index in [-0.39, 0.29) is 11.5 Å². The molecule has 0 aliphatic rings. The summed E-state index contributed by atoms with van der Waals surface area (Å²) in [5.41, 5.74) is 3.08. The Hall–Kier alpha value is -3.82. The number of amides is 1. The van der Waals surface area contributed by atoms with E-state index in [1.165, 1.54) is 0 Å². The number of aromatic amines is 3. The lowest BCUT2D eigenvalue weighted by Crippen LogP contribution is -2.25. The third kappa shape index (κ3) is 4.21. The van der Waals surface area contributed by atoms with Crippen molar-refractivity contribution in [3.05, 3.63) is 69.2 Å². The number of aromatic nitrogens is 7. The zero-order chi connectivity index (χ0) is 20.2. The molecule has 0 aliphatic heterocycles. The molecule has 10 nitrogen and oxygen atoms in total. The van der Waals surface area contributed by atoms with E-state index >= 15 is 0 Å². The zero-order valence-electron chi connectivity index (χ0n) is 15.8. The van der Waals surface area contributed by atoms with Crippen molar-refractivity contribution in [3.8, 4) is 0 Å². The number of H-pyrrole nitrogens is 3. The maximum absolute atomic E-state index is 12.2. The van der Waals surface area contributed by atoms with Gasteiger partial charge in [0, 0.05) is 24.7 Å². The number of benzene rings is 1. The first-order valence-corrected chi connectivity index (χ1v) is 9.26. The van der Waals surface area contributed by atoms with Crippen molar-refractivity contribution < 1.29 is 4.79 Å². The van der Waals surface area contributed by atoms with Gasteiger partial charge in [0.2, 0.25) is 0 Å². The number of fused-ring (bicyclic) bond motifs is 1. The van der Waals surface area contributed by atoms with E-state index < -0.39 is 0 Å². The molecule has 0 fully saturated rings. The normalized spacial score (nSPS) is 11.1. The fraction of sp³-hybridized carbons (Fsp3) is 0.263. The summed E-state index contributed by atoms with van der Waals surface area (Å²) >= 11 is 0. The molecular formula is C19H20N8O2. The molecule has 3 heterocycles. The highest BCUT2D eigenvalue weighted by Crippen LogP contribution is 2.15. The molecular weight excluding hydrogens is 372 g/mol. The highest BCUT2D eigenvalue weighted by molar-refractivity contribution is 5.94. The predicted molar refractivity (Wildman–Crippen MR) is 106 cm³/mol. The van der Waals surface area contributed by atoms with Crippen LogP contribution >= 0.6 is 0 Å². The van der Waals surface area contributed by atoms with Crippen LogP contribution in [0.5, 0.6) is 0 Å². The van der Waals surface area contributed by atoms with E-state index in [0.29, 0.717) is 47.6 Å². The zero-order valence-corrected chi connectivity index (χ0v) is 15.8. The molecule has 0 unspecified atom stereocenters. The van der Waals surface area contributed by atoms with E-state index in [9.17, 15) is 9.59 Å². The first-order valence-electron chi connectivity index (χ1n) is 9.26. The summed E-state index contributed by atoms with van der Waals surface area (Å²) in [5, 5.41) is 17.0. The molecule has 0 radical (unpaired) electrons. The Morgan fingerprint density at radius 3 is 2.72 bits per heavy atom. The number of carbonyl (C=O) groups is 1. The summed E-state index contributed by atoms with van der Waals surface area (Å²) in [7, 11) is 0. The Morgan fingerprint density at radius 2 is 1.97 bits per heavy atom. The quantitative estimate of drug-likeness (QED) is 0.366. The minimum Gasteiger partial charge on any atom is -0.352 e. The maximum Gasteiger partial charge on any atom is 0.260 e. The summed E-state index contributed by atoms with van der Waals surface area (Å²) < 4.78 is 0. The summed E-state index contributed by atoms with van der Waals surface area (Å²) in [4.78, 5) is 34.5. The molecule has 4 rings (SSSR count). The van der Waals surface area contributed by atoms with Gasteiger partial charge in [-0.25, -0.2) is 4.98 Å². The van der Waals surface area contributed by atoms with Crippen LogP contribution in [0, 0.1) is 6.92 Å². The van der Waals surface area contributed by atoms with E-state index in [1.807, 2.05) is 18.3 Å². The third-order valence-corrected chi connectivity index (χ3v) is 4.66. The molecule has 0 aliphatic carbocycles. The van der Waals surface area contributed by atoms with Crippen LogP contribution in [-0.2, 0) is 19.3 Å². The predicted octanol–water partition coefficient (Wildman–Crippen LogP) is 0.830. The molecule has 1 amide bonds. The standard InChI is InChI=1S/C19H20N8O2/c1-11-22-17-16(19(29)23-11)14(10-21-17)7-4-12-2-5-13(6-3-12)18(28)20-9-8-15-24-26-27-25-15/h2-3,5-6,10H,4,7-9H2,1H3,(H,20,28)(H2,21,22,23,29)(H,24,25,26,27). The Kier molecular flexibility index (Phi) is 5.14. The minimum atomic E-state index is -0.148. The molecule has 29 heavy (non-hydrogen) atoms. The Balaban J connectivity index is 1.35. The topological polar surface area (TPSA) is 145 Å². The molecule has 0 bridgehead atoms. The lowest BCUT2D eigenvalue weighted by atomic mass is 10.0. The number of aryl methyl sites for hydroxylation is 3. The van der Waals surface area contributed by atoms with Crippen LogP contribution in [0.2, 0.25) is 0 Å². The Labute approximate surface area is 165 Å². The van der Waals surface area contributed by atoms with Gasteiger partial charge in [-0.05, 0) is 43.0 Å². The van der Waals surface area contributed by atoms with E-state index in [4.69, 9.17) is 0 Å². The smallest absolute Gasteiger partial charge is 0.260 e. The van der Waals surface area contributed by atoms with Crippen LogP contribution in [0.15, 0.2) is 35.3 Å². The van der Waals surface area contributed by atoms with Crippen LogP contribution in [0.1, 0.15) is 33.1 Å². The Morgan fingerprint density at radius 1 is 1.14 bits per heavy atom. The van der Waals surface area contributed by atoms with Crippen molar-refractivity contribution in [1.82, 2.24) is 40.9 Å². The van der Waals surface area contributed by atoms with Gasteiger partial charge in [-0.15, -0.1) is 10.2 Å². The van der Waals surface area contributed by atoms with Crippen LogP contribution < -0.4 is 10.9 Å². The molecule has 4 N–H and O–H groups in total. The van der Waals surface area contributed by atoms with Crippen LogP contribution in [0.3, 0.4) is 0 Å². The molecule has 10 heteroatoms.